The van der Waals surface area contributed by atoms with Crippen LogP contribution >= 0.6 is 11.3 Å². The average molecular weight is 452 g/mol. The van der Waals surface area contributed by atoms with Crippen molar-refractivity contribution in [1.29, 1.82) is 0 Å². The van der Waals surface area contributed by atoms with Crippen molar-refractivity contribution in [2.45, 2.75) is 38.5 Å². The van der Waals surface area contributed by atoms with Crippen LogP contribution < -0.4 is 10.6 Å². The van der Waals surface area contributed by atoms with Crippen molar-refractivity contribution >= 4 is 34.7 Å². The number of thiazole rings is 1. The molecule has 0 spiro atoms. The smallest absolute Gasteiger partial charge is 0.267 e. The minimum Gasteiger partial charge on any atom is -0.321 e. The highest BCUT2D eigenvalue weighted by molar-refractivity contribution is 7.17. The molecule has 1 atom stereocenters. The molecular weight excluding hydrogens is 429 g/mol. The lowest BCUT2D eigenvalue weighted by atomic mass is 9.72. The van der Waals surface area contributed by atoms with Crippen molar-refractivity contribution in [3.05, 3.63) is 70.5 Å². The lowest BCUT2D eigenvalue weighted by molar-refractivity contribution is -0.138. The summed E-state index contributed by atoms with van der Waals surface area (Å²) in [7, 11) is 0. The molecule has 0 radical (unpaired) electrons. The van der Waals surface area contributed by atoms with E-state index < -0.39 is 5.41 Å². The lowest BCUT2D eigenvalue weighted by Crippen LogP contribution is -2.51. The monoisotopic (exact) mass is 451 g/mol. The molecule has 6 nitrogen and oxygen atoms in total. The molecule has 4 rings (SSSR count). The standard InChI is InChI=1S/C24H22FN3O3S/c1-3-24(13-12-19(29)28-23(24)31)16-6-10-18(11-7-16)27-21(30)20-14(2)26-22(32-20)15-4-8-17(25)9-5-15/h4-11H,3,12-13H2,1-2H3,(H,27,30)(H,28,29,31). The highest BCUT2D eigenvalue weighted by Crippen LogP contribution is 2.36. The first kappa shape index (κ1) is 21.8. The Labute approximate surface area is 188 Å². The molecule has 164 valence electrons. The van der Waals surface area contributed by atoms with E-state index in [0.29, 0.717) is 40.5 Å². The largest absolute Gasteiger partial charge is 0.321 e. The minimum atomic E-state index is -0.741. The molecular formula is C24H22FN3O3S. The van der Waals surface area contributed by atoms with Gasteiger partial charge in [0.1, 0.15) is 15.7 Å². The van der Waals surface area contributed by atoms with E-state index in [2.05, 4.69) is 15.6 Å². The number of hydrogen-bond acceptors (Lipinski definition) is 5. The number of benzene rings is 2. The van der Waals surface area contributed by atoms with Crippen molar-refractivity contribution < 1.29 is 18.8 Å². The number of halogens is 1. The van der Waals surface area contributed by atoms with Gasteiger partial charge in [-0.1, -0.05) is 19.1 Å². The molecule has 3 amide bonds. The Kier molecular flexibility index (Phi) is 5.88. The number of aryl methyl sites for hydroxylation is 1. The van der Waals surface area contributed by atoms with Crippen LogP contribution in [0.1, 0.15) is 47.1 Å². The van der Waals surface area contributed by atoms with Crippen molar-refractivity contribution in [1.82, 2.24) is 10.3 Å². The Hall–Kier alpha value is -3.39. The van der Waals surface area contributed by atoms with E-state index in [1.165, 1.54) is 23.5 Å². The molecule has 1 unspecified atom stereocenters. The summed E-state index contributed by atoms with van der Waals surface area (Å²) in [5, 5.41) is 5.95. The summed E-state index contributed by atoms with van der Waals surface area (Å²) in [6.45, 7) is 3.69. The van der Waals surface area contributed by atoms with Gasteiger partial charge >= 0.3 is 0 Å². The van der Waals surface area contributed by atoms with Gasteiger partial charge < -0.3 is 5.32 Å². The number of carbonyl (C=O) groups excluding carboxylic acids is 3. The molecule has 0 bridgehead atoms. The molecule has 1 saturated heterocycles. The molecule has 2 heterocycles. The SMILES string of the molecule is CCC1(c2ccc(NC(=O)c3sc(-c4ccc(F)cc4)nc3C)cc2)CCC(=O)NC1=O. The second-order valence-electron chi connectivity index (χ2n) is 7.78. The summed E-state index contributed by atoms with van der Waals surface area (Å²) in [5.74, 6) is -1.14. The molecule has 1 aliphatic rings. The summed E-state index contributed by atoms with van der Waals surface area (Å²) in [6, 6.07) is 13.1. The molecule has 1 aliphatic heterocycles. The van der Waals surface area contributed by atoms with Gasteiger partial charge in [-0.3, -0.25) is 19.7 Å². The fourth-order valence-electron chi connectivity index (χ4n) is 3.95. The second kappa shape index (κ2) is 8.63. The van der Waals surface area contributed by atoms with Crippen LogP contribution in [0.3, 0.4) is 0 Å². The van der Waals surface area contributed by atoms with Crippen LogP contribution in [0.5, 0.6) is 0 Å². The fraction of sp³-hybridized carbons (Fsp3) is 0.250. The number of aromatic nitrogens is 1. The maximum Gasteiger partial charge on any atom is 0.267 e. The lowest BCUT2D eigenvalue weighted by Gasteiger charge is -2.35. The quantitative estimate of drug-likeness (QED) is 0.555. The molecule has 2 N–H and O–H groups in total. The number of anilines is 1. The Morgan fingerprint density at radius 3 is 2.47 bits per heavy atom. The van der Waals surface area contributed by atoms with Gasteiger partial charge in [0.05, 0.1) is 11.1 Å². The van der Waals surface area contributed by atoms with E-state index in [-0.39, 0.29) is 23.5 Å². The second-order valence-corrected chi connectivity index (χ2v) is 8.78. The van der Waals surface area contributed by atoms with Crippen molar-refractivity contribution in [3.8, 4) is 10.6 Å². The predicted molar refractivity (Wildman–Crippen MR) is 121 cm³/mol. The summed E-state index contributed by atoms with van der Waals surface area (Å²) in [6.07, 6.45) is 1.34. The van der Waals surface area contributed by atoms with Gasteiger partial charge in [-0.25, -0.2) is 9.37 Å². The van der Waals surface area contributed by atoms with Crippen LogP contribution in [-0.4, -0.2) is 22.7 Å². The summed E-state index contributed by atoms with van der Waals surface area (Å²) in [4.78, 5) is 41.9. The molecule has 0 aliphatic carbocycles. The first-order chi connectivity index (χ1) is 15.3. The number of piperidine rings is 1. The Bertz CT molecular complexity index is 1190. The van der Waals surface area contributed by atoms with E-state index >= 15 is 0 Å². The third kappa shape index (κ3) is 4.05. The molecule has 32 heavy (non-hydrogen) atoms. The Morgan fingerprint density at radius 1 is 1.16 bits per heavy atom. The van der Waals surface area contributed by atoms with Crippen molar-refractivity contribution in [3.63, 3.8) is 0 Å². The third-order valence-electron chi connectivity index (χ3n) is 5.86. The highest BCUT2D eigenvalue weighted by Gasteiger charge is 2.42. The molecule has 2 aromatic carbocycles. The number of carbonyl (C=O) groups is 3. The molecule has 0 saturated carbocycles. The van der Waals surface area contributed by atoms with Crippen LogP contribution in [0.2, 0.25) is 0 Å². The zero-order valence-corrected chi connectivity index (χ0v) is 18.5. The van der Waals surface area contributed by atoms with Gasteiger partial charge in [0.25, 0.3) is 5.91 Å². The summed E-state index contributed by atoms with van der Waals surface area (Å²) < 4.78 is 13.2. The maximum absolute atomic E-state index is 13.2. The molecule has 1 aromatic heterocycles. The molecule has 3 aromatic rings. The van der Waals surface area contributed by atoms with Crippen molar-refractivity contribution in [2.24, 2.45) is 0 Å². The van der Waals surface area contributed by atoms with E-state index in [1.807, 2.05) is 19.1 Å². The number of amides is 3. The van der Waals surface area contributed by atoms with E-state index in [4.69, 9.17) is 0 Å². The van der Waals surface area contributed by atoms with Crippen LogP contribution in [-0.2, 0) is 15.0 Å². The molecule has 1 fully saturated rings. The number of nitrogens with zero attached hydrogens (tertiary/aromatic N) is 1. The Morgan fingerprint density at radius 2 is 1.84 bits per heavy atom. The predicted octanol–water partition coefficient (Wildman–Crippen LogP) is 4.59. The maximum atomic E-state index is 13.2. The topological polar surface area (TPSA) is 88.2 Å². The van der Waals surface area contributed by atoms with Crippen LogP contribution in [0, 0.1) is 12.7 Å². The van der Waals surface area contributed by atoms with Gasteiger partial charge in [-0.15, -0.1) is 11.3 Å². The van der Waals surface area contributed by atoms with Gasteiger partial charge in [0.2, 0.25) is 11.8 Å². The van der Waals surface area contributed by atoms with Gasteiger partial charge in [0.15, 0.2) is 0 Å². The van der Waals surface area contributed by atoms with Crippen LogP contribution in [0.4, 0.5) is 10.1 Å². The van der Waals surface area contributed by atoms with E-state index in [9.17, 15) is 18.8 Å². The number of hydrogen-bond donors (Lipinski definition) is 2. The van der Waals surface area contributed by atoms with E-state index in [1.54, 1.807) is 31.2 Å². The third-order valence-corrected chi connectivity index (χ3v) is 7.06. The Balaban J connectivity index is 1.52. The first-order valence-electron chi connectivity index (χ1n) is 10.3. The van der Waals surface area contributed by atoms with E-state index in [0.717, 1.165) is 11.1 Å². The number of nitrogens with one attached hydrogen (secondary N) is 2. The highest BCUT2D eigenvalue weighted by atomic mass is 32.1. The first-order valence-corrected chi connectivity index (χ1v) is 11.1. The average Bonchev–Trinajstić information content (AvgIpc) is 3.17. The summed E-state index contributed by atoms with van der Waals surface area (Å²) >= 11 is 1.24. The number of rotatable bonds is 5. The van der Waals surface area contributed by atoms with Crippen molar-refractivity contribution in [2.75, 3.05) is 5.32 Å². The van der Waals surface area contributed by atoms with Gasteiger partial charge in [-0.2, -0.15) is 0 Å². The van der Waals surface area contributed by atoms with Gasteiger partial charge in [-0.05, 0) is 61.7 Å². The zero-order chi connectivity index (χ0) is 22.9. The van der Waals surface area contributed by atoms with Crippen LogP contribution in [0.25, 0.3) is 10.6 Å². The minimum absolute atomic E-state index is 0.247. The normalized spacial score (nSPS) is 18.3. The summed E-state index contributed by atoms with van der Waals surface area (Å²) in [5.41, 5.74) is 2.01. The fourth-order valence-corrected chi connectivity index (χ4v) is 4.92. The number of imide groups is 1. The zero-order valence-electron chi connectivity index (χ0n) is 17.7. The van der Waals surface area contributed by atoms with Gasteiger partial charge in [0, 0.05) is 17.7 Å². The van der Waals surface area contributed by atoms with Crippen LogP contribution in [0.15, 0.2) is 48.5 Å². The molecule has 8 heteroatoms.